The van der Waals surface area contributed by atoms with Gasteiger partial charge in [0.15, 0.2) is 0 Å². The molecule has 13 heavy (non-hydrogen) atoms. The molecule has 1 aliphatic carbocycles. The second-order valence-corrected chi connectivity index (χ2v) is 4.02. The molecular formula is C10H7Cl2N. The van der Waals surface area contributed by atoms with Crippen LogP contribution in [0.2, 0.25) is 10.0 Å². The molecule has 1 aliphatic rings. The number of nitriles is 1. The number of hydrogen-bond acceptors (Lipinski definition) is 1. The Morgan fingerprint density at radius 2 is 2.15 bits per heavy atom. The van der Waals surface area contributed by atoms with Crippen LogP contribution in [0, 0.1) is 11.3 Å². The number of halogens is 2. The van der Waals surface area contributed by atoms with Crippen molar-refractivity contribution in [1.82, 2.24) is 0 Å². The largest absolute Gasteiger partial charge is 0.198 e. The van der Waals surface area contributed by atoms with Gasteiger partial charge < -0.3 is 0 Å². The van der Waals surface area contributed by atoms with Crippen molar-refractivity contribution >= 4 is 23.2 Å². The molecule has 0 heterocycles. The van der Waals surface area contributed by atoms with E-state index >= 15 is 0 Å². The summed E-state index contributed by atoms with van der Waals surface area (Å²) in [4.78, 5) is 0. The molecule has 0 bridgehead atoms. The van der Waals surface area contributed by atoms with E-state index in [-0.39, 0.29) is 5.92 Å². The zero-order chi connectivity index (χ0) is 9.42. The normalized spacial score (nSPS) is 19.6. The molecule has 1 atom stereocenters. The summed E-state index contributed by atoms with van der Waals surface area (Å²) < 4.78 is 0. The molecule has 0 N–H and O–H groups in total. The molecule has 0 fully saturated rings. The average Bonchev–Trinajstić information content (AvgIpc) is 2.47. The lowest BCUT2D eigenvalue weighted by Gasteiger charge is -2.04. The molecule has 0 aromatic heterocycles. The minimum atomic E-state index is -0.0220. The Balaban J connectivity index is 2.59. The number of benzene rings is 1. The summed E-state index contributed by atoms with van der Waals surface area (Å²) in [5.74, 6) is -0.0220. The van der Waals surface area contributed by atoms with E-state index in [2.05, 4.69) is 6.07 Å². The second-order valence-electron chi connectivity index (χ2n) is 3.18. The van der Waals surface area contributed by atoms with Crippen LogP contribution in [0.15, 0.2) is 12.1 Å². The van der Waals surface area contributed by atoms with Crippen LogP contribution in [0.1, 0.15) is 23.5 Å². The highest BCUT2D eigenvalue weighted by atomic mass is 35.5. The van der Waals surface area contributed by atoms with Crippen LogP contribution in [0.25, 0.3) is 0 Å². The molecule has 0 amide bonds. The third-order valence-electron chi connectivity index (χ3n) is 2.41. The van der Waals surface area contributed by atoms with Crippen LogP contribution in [0.4, 0.5) is 0 Å². The van der Waals surface area contributed by atoms with E-state index in [1.54, 1.807) is 6.07 Å². The van der Waals surface area contributed by atoms with Gasteiger partial charge in [-0.25, -0.2) is 0 Å². The Labute approximate surface area is 86.9 Å². The number of fused-ring (bicyclic) bond motifs is 1. The molecule has 66 valence electrons. The average molecular weight is 212 g/mol. The Bertz CT molecular complexity index is 393. The molecule has 0 radical (unpaired) electrons. The minimum Gasteiger partial charge on any atom is -0.198 e. The molecule has 3 heteroatoms. The summed E-state index contributed by atoms with van der Waals surface area (Å²) in [5.41, 5.74) is 2.11. The molecule has 0 spiro atoms. The zero-order valence-electron chi connectivity index (χ0n) is 6.85. The first-order valence-electron chi connectivity index (χ1n) is 4.10. The van der Waals surface area contributed by atoms with Crippen molar-refractivity contribution < 1.29 is 0 Å². The Morgan fingerprint density at radius 1 is 1.38 bits per heavy atom. The van der Waals surface area contributed by atoms with E-state index in [4.69, 9.17) is 28.5 Å². The van der Waals surface area contributed by atoms with Crippen LogP contribution in [0.5, 0.6) is 0 Å². The van der Waals surface area contributed by atoms with E-state index in [9.17, 15) is 0 Å². The van der Waals surface area contributed by atoms with Crippen molar-refractivity contribution in [1.29, 1.82) is 5.26 Å². The Kier molecular flexibility index (Phi) is 2.19. The maximum atomic E-state index is 8.86. The molecule has 0 aliphatic heterocycles. The monoisotopic (exact) mass is 211 g/mol. The highest BCUT2D eigenvalue weighted by Crippen LogP contribution is 2.38. The van der Waals surface area contributed by atoms with Crippen molar-refractivity contribution in [2.24, 2.45) is 0 Å². The number of hydrogen-bond donors (Lipinski definition) is 0. The fourth-order valence-corrected chi connectivity index (χ4v) is 2.38. The van der Waals surface area contributed by atoms with Gasteiger partial charge >= 0.3 is 0 Å². The summed E-state index contributed by atoms with van der Waals surface area (Å²) in [6.45, 7) is 0. The number of nitrogens with zero attached hydrogens (tertiary/aromatic N) is 1. The third kappa shape index (κ3) is 1.41. The summed E-state index contributed by atoms with van der Waals surface area (Å²) in [5, 5.41) is 10.2. The molecule has 2 rings (SSSR count). The molecule has 1 unspecified atom stereocenters. The van der Waals surface area contributed by atoms with Gasteiger partial charge in [0.2, 0.25) is 0 Å². The van der Waals surface area contributed by atoms with Crippen molar-refractivity contribution in [2.45, 2.75) is 18.8 Å². The minimum absolute atomic E-state index is 0.0220. The Morgan fingerprint density at radius 3 is 2.85 bits per heavy atom. The molecule has 1 aromatic rings. The maximum Gasteiger partial charge on any atom is 0.0719 e. The van der Waals surface area contributed by atoms with E-state index in [1.807, 2.05) is 6.07 Å². The van der Waals surface area contributed by atoms with E-state index in [0.717, 1.165) is 24.0 Å². The molecule has 0 saturated carbocycles. The van der Waals surface area contributed by atoms with Crippen molar-refractivity contribution in [3.8, 4) is 6.07 Å². The predicted molar refractivity (Wildman–Crippen MR) is 53.1 cm³/mol. The highest BCUT2D eigenvalue weighted by molar-refractivity contribution is 6.35. The van der Waals surface area contributed by atoms with E-state index < -0.39 is 0 Å². The van der Waals surface area contributed by atoms with E-state index in [0.29, 0.717) is 10.0 Å². The lowest BCUT2D eigenvalue weighted by atomic mass is 10.0. The first-order chi connectivity index (χ1) is 6.22. The van der Waals surface area contributed by atoms with Crippen molar-refractivity contribution in [3.05, 3.63) is 33.3 Å². The van der Waals surface area contributed by atoms with Gasteiger partial charge in [-0.3, -0.25) is 0 Å². The fourth-order valence-electron chi connectivity index (χ4n) is 1.78. The topological polar surface area (TPSA) is 23.8 Å². The van der Waals surface area contributed by atoms with Crippen LogP contribution in [-0.2, 0) is 6.42 Å². The second kappa shape index (κ2) is 3.21. The van der Waals surface area contributed by atoms with Gasteiger partial charge in [-0.2, -0.15) is 5.26 Å². The fraction of sp³-hybridized carbons (Fsp3) is 0.300. The van der Waals surface area contributed by atoms with Gasteiger partial charge in [-0.15, -0.1) is 0 Å². The lowest BCUT2D eigenvalue weighted by Crippen LogP contribution is -1.88. The molecular weight excluding hydrogens is 205 g/mol. The SMILES string of the molecule is N#CC1CCc2c(Cl)cc(Cl)cc21. The van der Waals surface area contributed by atoms with Crippen molar-refractivity contribution in [2.75, 3.05) is 0 Å². The summed E-state index contributed by atoms with van der Waals surface area (Å²) in [6.07, 6.45) is 1.76. The molecule has 0 saturated heterocycles. The molecule has 1 aromatic carbocycles. The van der Waals surface area contributed by atoms with Crippen LogP contribution in [0.3, 0.4) is 0 Å². The van der Waals surface area contributed by atoms with Crippen LogP contribution >= 0.6 is 23.2 Å². The zero-order valence-corrected chi connectivity index (χ0v) is 8.36. The van der Waals surface area contributed by atoms with Crippen LogP contribution in [-0.4, -0.2) is 0 Å². The first-order valence-corrected chi connectivity index (χ1v) is 4.85. The summed E-state index contributed by atoms with van der Waals surface area (Å²) >= 11 is 11.9. The maximum absolute atomic E-state index is 8.86. The van der Waals surface area contributed by atoms with E-state index in [1.165, 1.54) is 0 Å². The van der Waals surface area contributed by atoms with Gasteiger partial charge in [0.05, 0.1) is 12.0 Å². The Hall–Kier alpha value is -0.710. The summed E-state index contributed by atoms with van der Waals surface area (Å²) in [7, 11) is 0. The smallest absolute Gasteiger partial charge is 0.0719 e. The van der Waals surface area contributed by atoms with Crippen molar-refractivity contribution in [3.63, 3.8) is 0 Å². The van der Waals surface area contributed by atoms with Crippen LogP contribution < -0.4 is 0 Å². The quantitative estimate of drug-likeness (QED) is 0.645. The summed E-state index contributed by atoms with van der Waals surface area (Å²) in [6, 6.07) is 5.85. The first kappa shape index (κ1) is 8.87. The number of rotatable bonds is 0. The highest BCUT2D eigenvalue weighted by Gasteiger charge is 2.24. The van der Waals surface area contributed by atoms with Gasteiger partial charge in [-0.05, 0) is 36.1 Å². The van der Waals surface area contributed by atoms with Gasteiger partial charge in [0, 0.05) is 10.0 Å². The molecule has 1 nitrogen and oxygen atoms in total. The van der Waals surface area contributed by atoms with Gasteiger partial charge in [0.25, 0.3) is 0 Å². The van der Waals surface area contributed by atoms with Gasteiger partial charge in [-0.1, -0.05) is 23.2 Å². The third-order valence-corrected chi connectivity index (χ3v) is 2.96. The lowest BCUT2D eigenvalue weighted by molar-refractivity contribution is 0.826. The predicted octanol–water partition coefficient (Wildman–Crippen LogP) is 3.55. The van der Waals surface area contributed by atoms with Gasteiger partial charge in [0.1, 0.15) is 0 Å². The standard InChI is InChI=1S/C10H7Cl2N/c11-7-3-9-6(5-13)1-2-8(9)10(12)4-7/h3-4,6H,1-2H2.